The minimum absolute atomic E-state index is 0.131. The van der Waals surface area contributed by atoms with Gasteiger partial charge in [-0.2, -0.15) is 11.3 Å². The number of para-hydroxylation sites is 1. The third-order valence-electron chi connectivity index (χ3n) is 5.93. The Kier molecular flexibility index (Phi) is 4.75. The summed E-state index contributed by atoms with van der Waals surface area (Å²) >= 11 is 1.47. The molecule has 6 nitrogen and oxygen atoms in total. The van der Waals surface area contributed by atoms with E-state index in [0.717, 1.165) is 41.9 Å². The van der Waals surface area contributed by atoms with E-state index in [1.807, 2.05) is 36.8 Å². The second kappa shape index (κ2) is 7.57. The fourth-order valence-electron chi connectivity index (χ4n) is 4.33. The quantitative estimate of drug-likeness (QED) is 0.360. The van der Waals surface area contributed by atoms with Gasteiger partial charge in [0.05, 0.1) is 11.3 Å². The van der Waals surface area contributed by atoms with Crippen LogP contribution in [0.15, 0.2) is 58.6 Å². The molecule has 1 atom stereocenters. The van der Waals surface area contributed by atoms with E-state index in [-0.39, 0.29) is 5.92 Å². The summed E-state index contributed by atoms with van der Waals surface area (Å²) in [6, 6.07) is 10.1. The number of rotatable bonds is 4. The molecule has 30 heavy (non-hydrogen) atoms. The van der Waals surface area contributed by atoms with Gasteiger partial charge in [0, 0.05) is 59.4 Å². The van der Waals surface area contributed by atoms with Gasteiger partial charge in [0.15, 0.2) is 0 Å². The van der Waals surface area contributed by atoms with Crippen molar-refractivity contribution in [2.75, 3.05) is 0 Å². The average molecular weight is 419 g/mol. The molecule has 1 unspecified atom stereocenters. The molecule has 0 amide bonds. The van der Waals surface area contributed by atoms with Gasteiger partial charge in [-0.15, -0.1) is 0 Å². The van der Waals surface area contributed by atoms with Gasteiger partial charge in [-0.3, -0.25) is 0 Å². The monoisotopic (exact) mass is 418 g/mol. The van der Waals surface area contributed by atoms with E-state index in [4.69, 9.17) is 4.84 Å². The zero-order chi connectivity index (χ0) is 20.7. The Bertz CT molecular complexity index is 1250. The van der Waals surface area contributed by atoms with Crippen molar-refractivity contribution in [3.63, 3.8) is 0 Å². The second-order valence-corrected chi connectivity index (χ2v) is 8.41. The number of aromatic nitrogens is 3. The Hall–Kier alpha value is -3.19. The number of imidazole rings is 1. The zero-order valence-electron chi connectivity index (χ0n) is 16.9. The summed E-state index contributed by atoms with van der Waals surface area (Å²) in [5.41, 5.74) is 4.87. The average Bonchev–Trinajstić information content (AvgIpc) is 3.49. The number of hydrogen-bond donors (Lipinski definition) is 0. The highest BCUT2D eigenvalue weighted by Crippen LogP contribution is 2.35. The van der Waals surface area contributed by atoms with Crippen LogP contribution in [0, 0.1) is 12.8 Å². The van der Waals surface area contributed by atoms with Crippen LogP contribution in [0.5, 0.6) is 0 Å². The lowest BCUT2D eigenvalue weighted by Gasteiger charge is -2.25. The van der Waals surface area contributed by atoms with Crippen molar-refractivity contribution < 1.29 is 9.63 Å². The smallest absolute Gasteiger partial charge is 0.347 e. The molecule has 3 aromatic heterocycles. The van der Waals surface area contributed by atoms with Crippen LogP contribution < -0.4 is 0 Å². The highest BCUT2D eigenvalue weighted by molar-refractivity contribution is 7.08. The van der Waals surface area contributed by atoms with Gasteiger partial charge >= 0.3 is 5.97 Å². The third kappa shape index (κ3) is 3.15. The number of fused-ring (bicyclic) bond motifs is 3. The van der Waals surface area contributed by atoms with Crippen molar-refractivity contribution >= 4 is 33.9 Å². The molecule has 0 bridgehead atoms. The van der Waals surface area contributed by atoms with Crippen molar-refractivity contribution in [3.05, 3.63) is 76.1 Å². The van der Waals surface area contributed by atoms with E-state index in [2.05, 4.69) is 38.5 Å². The van der Waals surface area contributed by atoms with Crippen LogP contribution in [-0.4, -0.2) is 25.8 Å². The number of oxime groups is 1. The van der Waals surface area contributed by atoms with Gasteiger partial charge in [0.1, 0.15) is 5.82 Å². The molecule has 0 spiro atoms. The first-order valence-electron chi connectivity index (χ1n) is 9.99. The maximum Gasteiger partial charge on any atom is 0.366 e. The number of aryl methyl sites for hydroxylation is 2. The van der Waals surface area contributed by atoms with Crippen LogP contribution in [0.4, 0.5) is 0 Å². The van der Waals surface area contributed by atoms with E-state index in [9.17, 15) is 4.79 Å². The first kappa shape index (κ1) is 18.8. The normalized spacial score (nSPS) is 17.4. The summed E-state index contributed by atoms with van der Waals surface area (Å²) < 4.78 is 4.37. The molecule has 0 N–H and O–H groups in total. The standard InChI is InChI=1S/C23H22N4O2S/c1-15-24-10-11-27(15)13-16-7-8-20-21(18-5-3-4-6-19(18)26(20)2)22(16)25-29-23(28)17-9-12-30-14-17/h3-6,9-12,14,16H,7-8,13H2,1-2H3. The van der Waals surface area contributed by atoms with Crippen LogP contribution >= 0.6 is 11.3 Å². The van der Waals surface area contributed by atoms with E-state index >= 15 is 0 Å². The summed E-state index contributed by atoms with van der Waals surface area (Å²) in [5.74, 6) is 0.675. The molecule has 1 aromatic carbocycles. The van der Waals surface area contributed by atoms with Crippen molar-refractivity contribution in [1.82, 2.24) is 14.1 Å². The molecule has 5 rings (SSSR count). The Labute approximate surface area is 178 Å². The lowest BCUT2D eigenvalue weighted by Crippen LogP contribution is -2.28. The Morgan fingerprint density at radius 2 is 2.20 bits per heavy atom. The van der Waals surface area contributed by atoms with Gasteiger partial charge in [-0.25, -0.2) is 9.78 Å². The van der Waals surface area contributed by atoms with Crippen molar-refractivity contribution in [2.45, 2.75) is 26.3 Å². The van der Waals surface area contributed by atoms with Crippen molar-refractivity contribution in [1.29, 1.82) is 0 Å². The molecule has 1 aliphatic carbocycles. The summed E-state index contributed by atoms with van der Waals surface area (Å²) in [4.78, 5) is 22.3. The number of nitrogens with zero attached hydrogens (tertiary/aromatic N) is 4. The molecule has 0 radical (unpaired) electrons. The van der Waals surface area contributed by atoms with E-state index in [1.54, 1.807) is 11.4 Å². The molecule has 152 valence electrons. The maximum absolute atomic E-state index is 12.5. The zero-order valence-corrected chi connectivity index (χ0v) is 17.7. The molecule has 7 heteroatoms. The fraction of sp³-hybridized carbons (Fsp3) is 0.261. The third-order valence-corrected chi connectivity index (χ3v) is 6.61. The summed E-state index contributed by atoms with van der Waals surface area (Å²) in [6.07, 6.45) is 5.69. The van der Waals surface area contributed by atoms with E-state index in [0.29, 0.717) is 5.56 Å². The van der Waals surface area contributed by atoms with Gasteiger partial charge in [0.2, 0.25) is 0 Å². The molecular weight excluding hydrogens is 396 g/mol. The molecule has 3 heterocycles. The Morgan fingerprint density at radius 1 is 1.33 bits per heavy atom. The molecule has 4 aromatic rings. The minimum Gasteiger partial charge on any atom is -0.347 e. The first-order valence-corrected chi connectivity index (χ1v) is 10.9. The van der Waals surface area contributed by atoms with Gasteiger partial charge in [-0.05, 0) is 37.3 Å². The fourth-order valence-corrected chi connectivity index (χ4v) is 4.96. The van der Waals surface area contributed by atoms with Crippen LogP contribution in [0.2, 0.25) is 0 Å². The largest absolute Gasteiger partial charge is 0.366 e. The van der Waals surface area contributed by atoms with Gasteiger partial charge < -0.3 is 14.0 Å². The van der Waals surface area contributed by atoms with E-state index in [1.165, 1.54) is 22.5 Å². The molecule has 0 saturated carbocycles. The van der Waals surface area contributed by atoms with Crippen molar-refractivity contribution in [3.8, 4) is 0 Å². The Balaban J connectivity index is 1.59. The molecular formula is C23H22N4O2S. The highest BCUT2D eigenvalue weighted by Gasteiger charge is 2.32. The lowest BCUT2D eigenvalue weighted by atomic mass is 9.84. The summed E-state index contributed by atoms with van der Waals surface area (Å²) in [7, 11) is 2.09. The maximum atomic E-state index is 12.5. The topological polar surface area (TPSA) is 61.4 Å². The van der Waals surface area contributed by atoms with Crippen LogP contribution in [0.3, 0.4) is 0 Å². The van der Waals surface area contributed by atoms with E-state index < -0.39 is 5.97 Å². The van der Waals surface area contributed by atoms with Crippen LogP contribution in [0.25, 0.3) is 10.9 Å². The lowest BCUT2D eigenvalue weighted by molar-refractivity contribution is 0.0514. The number of carbonyl (C=O) groups excluding carboxylic acids is 1. The predicted octanol–water partition coefficient (Wildman–Crippen LogP) is 4.57. The summed E-state index contributed by atoms with van der Waals surface area (Å²) in [6.45, 7) is 2.75. The molecule has 0 fully saturated rings. The molecule has 0 aliphatic heterocycles. The SMILES string of the molecule is Cc1nccn1CC1CCc2c(c3ccccc3n2C)C1=NOC(=O)c1ccsc1. The number of hydrogen-bond acceptors (Lipinski definition) is 5. The molecule has 1 aliphatic rings. The van der Waals surface area contributed by atoms with Crippen molar-refractivity contribution in [2.24, 2.45) is 18.1 Å². The first-order chi connectivity index (χ1) is 14.6. The van der Waals surface area contributed by atoms with Gasteiger partial charge in [0.25, 0.3) is 0 Å². The van der Waals surface area contributed by atoms with Gasteiger partial charge in [-0.1, -0.05) is 23.4 Å². The second-order valence-electron chi connectivity index (χ2n) is 7.63. The number of benzene rings is 1. The molecule has 0 saturated heterocycles. The minimum atomic E-state index is -0.423. The van der Waals surface area contributed by atoms with Crippen LogP contribution in [0.1, 0.15) is 33.9 Å². The number of carbonyl (C=O) groups is 1. The highest BCUT2D eigenvalue weighted by atomic mass is 32.1. The predicted molar refractivity (Wildman–Crippen MR) is 118 cm³/mol. The van der Waals surface area contributed by atoms with Crippen LogP contribution in [-0.2, 0) is 24.9 Å². The number of thiophene rings is 1. The Morgan fingerprint density at radius 3 is 2.97 bits per heavy atom. The summed E-state index contributed by atoms with van der Waals surface area (Å²) in [5, 5.41) is 9.24.